The molecular formula is C22H22N2O3S. The molecular weight excluding hydrogens is 372 g/mol. The highest BCUT2D eigenvalue weighted by molar-refractivity contribution is 7.80. The number of hydrogen-bond acceptors (Lipinski definition) is 4. The fourth-order valence-corrected chi connectivity index (χ4v) is 2.72. The van der Waals surface area contributed by atoms with E-state index >= 15 is 0 Å². The van der Waals surface area contributed by atoms with Crippen LogP contribution in [0.5, 0.6) is 23.0 Å². The second-order valence-electron chi connectivity index (χ2n) is 5.84. The van der Waals surface area contributed by atoms with Crippen molar-refractivity contribution in [3.05, 3.63) is 72.8 Å². The Morgan fingerprint density at radius 2 is 1.14 bits per heavy atom. The molecule has 3 rings (SSSR count). The van der Waals surface area contributed by atoms with Crippen LogP contribution in [0.4, 0.5) is 11.4 Å². The predicted molar refractivity (Wildman–Crippen MR) is 117 cm³/mol. The van der Waals surface area contributed by atoms with Crippen molar-refractivity contribution >= 4 is 28.7 Å². The van der Waals surface area contributed by atoms with Gasteiger partial charge in [0.05, 0.1) is 13.7 Å². The second kappa shape index (κ2) is 9.62. The first-order valence-corrected chi connectivity index (χ1v) is 9.30. The number of methoxy groups -OCH3 is 1. The van der Waals surface area contributed by atoms with Crippen molar-refractivity contribution in [3.8, 4) is 23.0 Å². The van der Waals surface area contributed by atoms with Gasteiger partial charge in [-0.25, -0.2) is 0 Å². The number of nitrogens with one attached hydrogen (secondary N) is 2. The fourth-order valence-electron chi connectivity index (χ4n) is 2.48. The third kappa shape index (κ3) is 5.62. The molecule has 0 bridgehead atoms. The Morgan fingerprint density at radius 3 is 1.61 bits per heavy atom. The lowest BCUT2D eigenvalue weighted by Crippen LogP contribution is -2.18. The van der Waals surface area contributed by atoms with Gasteiger partial charge in [-0.2, -0.15) is 0 Å². The third-order valence-corrected chi connectivity index (χ3v) is 4.03. The molecule has 0 saturated carbocycles. The monoisotopic (exact) mass is 394 g/mol. The molecule has 144 valence electrons. The molecule has 0 aliphatic rings. The van der Waals surface area contributed by atoms with Gasteiger partial charge in [0.1, 0.15) is 23.0 Å². The van der Waals surface area contributed by atoms with E-state index in [-0.39, 0.29) is 0 Å². The maximum Gasteiger partial charge on any atom is 0.175 e. The number of benzene rings is 3. The molecule has 3 aromatic rings. The Hall–Kier alpha value is -3.25. The summed E-state index contributed by atoms with van der Waals surface area (Å²) >= 11 is 5.35. The highest BCUT2D eigenvalue weighted by atomic mass is 32.1. The highest BCUT2D eigenvalue weighted by Crippen LogP contribution is 2.25. The van der Waals surface area contributed by atoms with E-state index in [1.807, 2.05) is 79.7 Å². The van der Waals surface area contributed by atoms with E-state index < -0.39 is 0 Å². The molecule has 0 aliphatic heterocycles. The molecule has 6 heteroatoms. The Bertz CT molecular complexity index is 895. The number of anilines is 2. The van der Waals surface area contributed by atoms with Crippen LogP contribution in [0.3, 0.4) is 0 Å². The molecule has 0 radical (unpaired) electrons. The van der Waals surface area contributed by atoms with Gasteiger partial charge in [-0.05, 0) is 91.9 Å². The van der Waals surface area contributed by atoms with Crippen molar-refractivity contribution in [3.63, 3.8) is 0 Å². The van der Waals surface area contributed by atoms with Crippen molar-refractivity contribution in [1.29, 1.82) is 0 Å². The van der Waals surface area contributed by atoms with E-state index in [0.29, 0.717) is 11.7 Å². The zero-order valence-corrected chi connectivity index (χ0v) is 16.6. The van der Waals surface area contributed by atoms with Gasteiger partial charge in [-0.1, -0.05) is 0 Å². The van der Waals surface area contributed by atoms with Crippen LogP contribution in [-0.2, 0) is 0 Å². The quantitative estimate of drug-likeness (QED) is 0.502. The zero-order chi connectivity index (χ0) is 19.8. The van der Waals surface area contributed by atoms with Crippen LogP contribution in [0, 0.1) is 0 Å². The minimum Gasteiger partial charge on any atom is -0.497 e. The van der Waals surface area contributed by atoms with Crippen molar-refractivity contribution < 1.29 is 14.2 Å². The normalized spacial score (nSPS) is 10.1. The summed E-state index contributed by atoms with van der Waals surface area (Å²) in [5.74, 6) is 3.12. The largest absolute Gasteiger partial charge is 0.497 e. The minimum absolute atomic E-state index is 0.505. The molecule has 0 fully saturated rings. The van der Waals surface area contributed by atoms with Crippen LogP contribution < -0.4 is 24.8 Å². The average molecular weight is 394 g/mol. The van der Waals surface area contributed by atoms with Gasteiger partial charge in [0.25, 0.3) is 0 Å². The van der Waals surface area contributed by atoms with Gasteiger partial charge in [-0.15, -0.1) is 0 Å². The molecule has 0 unspecified atom stereocenters. The molecule has 0 atom stereocenters. The minimum atomic E-state index is 0.505. The van der Waals surface area contributed by atoms with Crippen molar-refractivity contribution in [2.24, 2.45) is 0 Å². The van der Waals surface area contributed by atoms with Crippen molar-refractivity contribution in [2.45, 2.75) is 6.92 Å². The van der Waals surface area contributed by atoms with Gasteiger partial charge in [0.15, 0.2) is 5.11 Å². The van der Waals surface area contributed by atoms with E-state index in [2.05, 4.69) is 10.6 Å². The SMILES string of the molecule is CCOc1ccc(Oc2ccc(NC(=S)Nc3ccc(OC)cc3)cc2)cc1. The summed E-state index contributed by atoms with van der Waals surface area (Å²) in [6.07, 6.45) is 0. The average Bonchev–Trinajstić information content (AvgIpc) is 2.72. The summed E-state index contributed by atoms with van der Waals surface area (Å²) in [7, 11) is 1.64. The highest BCUT2D eigenvalue weighted by Gasteiger charge is 2.02. The van der Waals surface area contributed by atoms with Crippen molar-refractivity contribution in [1.82, 2.24) is 0 Å². The second-order valence-corrected chi connectivity index (χ2v) is 6.25. The van der Waals surface area contributed by atoms with Crippen LogP contribution in [0.2, 0.25) is 0 Å². The topological polar surface area (TPSA) is 51.8 Å². The molecule has 0 spiro atoms. The molecule has 0 aromatic heterocycles. The molecule has 0 aliphatic carbocycles. The van der Waals surface area contributed by atoms with Gasteiger partial charge in [0.2, 0.25) is 0 Å². The Labute approximate surface area is 170 Å². The summed E-state index contributed by atoms with van der Waals surface area (Å²) in [6, 6.07) is 22.7. The van der Waals surface area contributed by atoms with E-state index in [0.717, 1.165) is 34.4 Å². The number of rotatable bonds is 7. The van der Waals surface area contributed by atoms with Crippen LogP contribution in [0.1, 0.15) is 6.92 Å². The smallest absolute Gasteiger partial charge is 0.175 e. The first-order valence-electron chi connectivity index (χ1n) is 8.89. The fraction of sp³-hybridized carbons (Fsp3) is 0.136. The molecule has 0 amide bonds. The van der Waals surface area contributed by atoms with E-state index in [1.54, 1.807) is 7.11 Å². The van der Waals surface area contributed by atoms with E-state index in [4.69, 9.17) is 26.4 Å². The van der Waals surface area contributed by atoms with Gasteiger partial charge >= 0.3 is 0 Å². The Morgan fingerprint density at radius 1 is 0.714 bits per heavy atom. The lowest BCUT2D eigenvalue weighted by atomic mass is 10.3. The van der Waals surface area contributed by atoms with Crippen molar-refractivity contribution in [2.75, 3.05) is 24.4 Å². The van der Waals surface area contributed by atoms with E-state index in [9.17, 15) is 0 Å². The van der Waals surface area contributed by atoms with E-state index in [1.165, 1.54) is 0 Å². The van der Waals surface area contributed by atoms with Crippen LogP contribution in [0.15, 0.2) is 72.8 Å². The number of ether oxygens (including phenoxy) is 3. The third-order valence-electron chi connectivity index (χ3n) is 3.83. The molecule has 2 N–H and O–H groups in total. The Balaban J connectivity index is 1.53. The summed E-state index contributed by atoms with van der Waals surface area (Å²) in [6.45, 7) is 2.60. The molecule has 5 nitrogen and oxygen atoms in total. The maximum absolute atomic E-state index is 5.85. The molecule has 3 aromatic carbocycles. The summed E-state index contributed by atoms with van der Waals surface area (Å²) in [5, 5.41) is 6.79. The maximum atomic E-state index is 5.85. The first-order chi connectivity index (χ1) is 13.7. The predicted octanol–water partition coefficient (Wildman–Crippen LogP) is 5.70. The number of hydrogen-bond donors (Lipinski definition) is 2. The van der Waals surface area contributed by atoms with Gasteiger partial charge in [-0.3, -0.25) is 0 Å². The van der Waals surface area contributed by atoms with Gasteiger partial charge in [0, 0.05) is 11.4 Å². The summed E-state index contributed by atoms with van der Waals surface area (Å²) < 4.78 is 16.4. The molecule has 28 heavy (non-hydrogen) atoms. The molecule has 0 saturated heterocycles. The molecule has 0 heterocycles. The first kappa shape index (κ1) is 19.5. The summed E-state index contributed by atoms with van der Waals surface area (Å²) in [5.41, 5.74) is 1.75. The van der Waals surface area contributed by atoms with Crippen LogP contribution in [-0.4, -0.2) is 18.8 Å². The lowest BCUT2D eigenvalue weighted by Gasteiger charge is -2.12. The van der Waals surface area contributed by atoms with Crippen LogP contribution >= 0.6 is 12.2 Å². The van der Waals surface area contributed by atoms with Crippen LogP contribution in [0.25, 0.3) is 0 Å². The van der Waals surface area contributed by atoms with Gasteiger partial charge < -0.3 is 24.8 Å². The number of thiocarbonyl (C=S) groups is 1. The Kier molecular flexibility index (Phi) is 6.70. The zero-order valence-electron chi connectivity index (χ0n) is 15.8. The lowest BCUT2D eigenvalue weighted by molar-refractivity contribution is 0.339. The summed E-state index contributed by atoms with van der Waals surface area (Å²) in [4.78, 5) is 0. The standard InChI is InChI=1S/C22H22N2O3S/c1-3-26-19-12-14-21(15-13-19)27-20-10-6-17(7-11-20)24-22(28)23-16-4-8-18(25-2)9-5-16/h4-15H,3H2,1-2H3,(H2,23,24,28).